The molecule has 4 nitrogen and oxygen atoms in total. The Labute approximate surface area is 137 Å². The molecule has 0 saturated heterocycles. The minimum absolute atomic E-state index is 0.140. The van der Waals surface area contributed by atoms with Gasteiger partial charge in [-0.3, -0.25) is 0 Å². The van der Waals surface area contributed by atoms with Gasteiger partial charge in [0.25, 0.3) is 0 Å². The van der Waals surface area contributed by atoms with E-state index >= 15 is 0 Å². The van der Waals surface area contributed by atoms with Crippen LogP contribution in [0.25, 0.3) is 0 Å². The normalized spacial score (nSPS) is 26.9. The Morgan fingerprint density at radius 1 is 1.04 bits per heavy atom. The Hall–Kier alpha value is -1.69. The maximum absolute atomic E-state index is 13.1. The molecule has 2 aromatic rings. The molecular weight excluding hydrogens is 310 g/mol. The van der Waals surface area contributed by atoms with E-state index in [-0.39, 0.29) is 12.5 Å². The van der Waals surface area contributed by atoms with Gasteiger partial charge in [0.15, 0.2) is 9.84 Å². The number of hydrogen-bond acceptors (Lipinski definition) is 4. The standard InChI is InChI=1S/C18H21NO3S/c1-22-13-18(12-19)16(14-8-4-2-5-9-14)17(18)23(20,21)15-10-6-3-7-11-15/h2-11,16-17H,12-13,19H2,1H3/t16-,17-,18-/m0/s1. The lowest BCUT2D eigenvalue weighted by Crippen LogP contribution is -2.28. The van der Waals surface area contributed by atoms with E-state index in [4.69, 9.17) is 10.5 Å². The molecule has 122 valence electrons. The van der Waals surface area contributed by atoms with Crippen molar-refractivity contribution in [3.8, 4) is 0 Å². The van der Waals surface area contributed by atoms with Crippen LogP contribution >= 0.6 is 0 Å². The van der Waals surface area contributed by atoms with Crippen LogP contribution < -0.4 is 5.73 Å². The number of benzene rings is 2. The zero-order valence-electron chi connectivity index (χ0n) is 13.1. The first-order chi connectivity index (χ1) is 11.1. The molecule has 23 heavy (non-hydrogen) atoms. The van der Waals surface area contributed by atoms with E-state index in [0.29, 0.717) is 11.5 Å². The topological polar surface area (TPSA) is 69.4 Å². The van der Waals surface area contributed by atoms with Gasteiger partial charge in [0.1, 0.15) is 0 Å². The Kier molecular flexibility index (Phi) is 4.27. The molecule has 1 fully saturated rings. The summed E-state index contributed by atoms with van der Waals surface area (Å²) in [6, 6.07) is 18.3. The molecule has 1 aliphatic carbocycles. The zero-order valence-corrected chi connectivity index (χ0v) is 13.9. The van der Waals surface area contributed by atoms with Crippen molar-refractivity contribution in [2.45, 2.75) is 16.1 Å². The quantitative estimate of drug-likeness (QED) is 0.881. The van der Waals surface area contributed by atoms with Crippen molar-refractivity contribution in [1.82, 2.24) is 0 Å². The van der Waals surface area contributed by atoms with Crippen molar-refractivity contribution in [1.29, 1.82) is 0 Å². The summed E-state index contributed by atoms with van der Waals surface area (Å²) < 4.78 is 31.6. The molecule has 0 radical (unpaired) electrons. The van der Waals surface area contributed by atoms with E-state index in [2.05, 4.69) is 0 Å². The summed E-state index contributed by atoms with van der Waals surface area (Å²) in [4.78, 5) is 0.345. The fourth-order valence-electron chi connectivity index (χ4n) is 3.61. The summed E-state index contributed by atoms with van der Waals surface area (Å²) in [5.74, 6) is -0.140. The number of sulfone groups is 1. The van der Waals surface area contributed by atoms with Gasteiger partial charge in [0.05, 0.1) is 16.8 Å². The van der Waals surface area contributed by atoms with Crippen molar-refractivity contribution in [2.24, 2.45) is 11.1 Å². The largest absolute Gasteiger partial charge is 0.384 e. The molecule has 0 aromatic heterocycles. The second kappa shape index (κ2) is 6.07. The van der Waals surface area contributed by atoms with Crippen LogP contribution in [0.5, 0.6) is 0 Å². The molecule has 3 rings (SSSR count). The first-order valence-corrected chi connectivity index (χ1v) is 9.15. The summed E-state index contributed by atoms with van der Waals surface area (Å²) in [5.41, 5.74) is 6.44. The van der Waals surface area contributed by atoms with Crippen LogP contribution in [0, 0.1) is 5.41 Å². The van der Waals surface area contributed by atoms with Crippen molar-refractivity contribution < 1.29 is 13.2 Å². The monoisotopic (exact) mass is 331 g/mol. The maximum Gasteiger partial charge on any atom is 0.182 e. The lowest BCUT2D eigenvalue weighted by molar-refractivity contribution is 0.142. The molecule has 0 aliphatic heterocycles. The van der Waals surface area contributed by atoms with Gasteiger partial charge in [0.2, 0.25) is 0 Å². The first kappa shape index (κ1) is 16.2. The van der Waals surface area contributed by atoms with Gasteiger partial charge in [-0.15, -0.1) is 0 Å². The van der Waals surface area contributed by atoms with Crippen LogP contribution in [0.3, 0.4) is 0 Å². The van der Waals surface area contributed by atoms with Gasteiger partial charge in [-0.25, -0.2) is 8.42 Å². The SMILES string of the molecule is COC[C@@]1(CN)[C@@H](c2ccccc2)[C@@H]1S(=O)(=O)c1ccccc1. The van der Waals surface area contributed by atoms with Crippen molar-refractivity contribution >= 4 is 9.84 Å². The summed E-state index contributed by atoms with van der Waals surface area (Å²) in [5, 5.41) is -0.551. The molecule has 5 heteroatoms. The molecule has 0 heterocycles. The van der Waals surface area contributed by atoms with Crippen LogP contribution in [0.2, 0.25) is 0 Å². The third-order valence-electron chi connectivity index (χ3n) is 4.74. The zero-order chi connectivity index (χ0) is 16.5. The van der Waals surface area contributed by atoms with Gasteiger partial charge >= 0.3 is 0 Å². The summed E-state index contributed by atoms with van der Waals surface area (Å²) in [6.45, 7) is 0.608. The van der Waals surface area contributed by atoms with Crippen LogP contribution in [-0.2, 0) is 14.6 Å². The average molecular weight is 331 g/mol. The van der Waals surface area contributed by atoms with E-state index in [9.17, 15) is 8.42 Å². The average Bonchev–Trinajstić information content (AvgIpc) is 3.27. The number of ether oxygens (including phenoxy) is 1. The molecule has 1 aliphatic rings. The van der Waals surface area contributed by atoms with Crippen LogP contribution in [0.1, 0.15) is 11.5 Å². The molecule has 3 atom stereocenters. The Balaban J connectivity index is 2.06. The minimum atomic E-state index is -3.47. The van der Waals surface area contributed by atoms with E-state index in [1.54, 1.807) is 31.4 Å². The van der Waals surface area contributed by atoms with E-state index in [1.165, 1.54) is 0 Å². The number of hydrogen-bond donors (Lipinski definition) is 1. The molecule has 0 spiro atoms. The van der Waals surface area contributed by atoms with Gasteiger partial charge < -0.3 is 10.5 Å². The summed E-state index contributed by atoms with van der Waals surface area (Å²) in [7, 11) is -1.88. The number of rotatable bonds is 6. The molecule has 0 bridgehead atoms. The molecular formula is C18H21NO3S. The third kappa shape index (κ3) is 2.59. The van der Waals surface area contributed by atoms with Crippen LogP contribution in [0.4, 0.5) is 0 Å². The molecule has 2 N–H and O–H groups in total. The predicted octanol–water partition coefficient (Wildman–Crippen LogP) is 2.22. The highest BCUT2D eigenvalue weighted by Gasteiger charge is 2.70. The second-order valence-corrected chi connectivity index (χ2v) is 8.11. The van der Waals surface area contributed by atoms with Crippen LogP contribution in [0.15, 0.2) is 65.6 Å². The smallest absolute Gasteiger partial charge is 0.182 e. The van der Waals surface area contributed by atoms with Crippen molar-refractivity contribution in [3.05, 3.63) is 66.2 Å². The Morgan fingerprint density at radius 2 is 1.61 bits per heavy atom. The summed E-state index contributed by atoms with van der Waals surface area (Å²) in [6.07, 6.45) is 0. The maximum atomic E-state index is 13.1. The molecule has 0 amide bonds. The third-order valence-corrected chi connectivity index (χ3v) is 7.08. The Bertz CT molecular complexity index is 761. The fourth-order valence-corrected chi connectivity index (χ4v) is 6.07. The first-order valence-electron chi connectivity index (χ1n) is 7.61. The number of methoxy groups -OCH3 is 1. The van der Waals surface area contributed by atoms with Gasteiger partial charge in [-0.1, -0.05) is 48.5 Å². The highest BCUT2D eigenvalue weighted by atomic mass is 32.2. The molecule has 1 saturated carbocycles. The van der Waals surface area contributed by atoms with E-state index in [0.717, 1.165) is 5.56 Å². The lowest BCUT2D eigenvalue weighted by atomic mass is 10.0. The molecule has 2 aromatic carbocycles. The van der Waals surface area contributed by atoms with Gasteiger partial charge in [0, 0.05) is 25.0 Å². The minimum Gasteiger partial charge on any atom is -0.384 e. The lowest BCUT2D eigenvalue weighted by Gasteiger charge is -2.14. The van der Waals surface area contributed by atoms with E-state index in [1.807, 2.05) is 36.4 Å². The summed E-state index contributed by atoms with van der Waals surface area (Å²) >= 11 is 0. The van der Waals surface area contributed by atoms with Gasteiger partial charge in [-0.2, -0.15) is 0 Å². The van der Waals surface area contributed by atoms with Crippen LogP contribution in [-0.4, -0.2) is 33.9 Å². The predicted molar refractivity (Wildman–Crippen MR) is 90.0 cm³/mol. The van der Waals surface area contributed by atoms with Gasteiger partial charge in [-0.05, 0) is 17.7 Å². The van der Waals surface area contributed by atoms with E-state index < -0.39 is 20.5 Å². The second-order valence-electron chi connectivity index (χ2n) is 6.04. The highest BCUT2D eigenvalue weighted by Crippen LogP contribution is 2.63. The fraction of sp³-hybridized carbons (Fsp3) is 0.333. The Morgan fingerprint density at radius 3 is 2.13 bits per heavy atom. The molecule has 0 unspecified atom stereocenters. The van der Waals surface area contributed by atoms with Crippen molar-refractivity contribution in [3.63, 3.8) is 0 Å². The highest BCUT2D eigenvalue weighted by molar-refractivity contribution is 7.92. The number of nitrogens with two attached hydrogens (primary N) is 1. The van der Waals surface area contributed by atoms with Crippen molar-refractivity contribution in [2.75, 3.05) is 20.3 Å².